The summed E-state index contributed by atoms with van der Waals surface area (Å²) in [6.07, 6.45) is 0. The molecule has 0 unspecified atom stereocenters. The fourth-order valence-corrected chi connectivity index (χ4v) is 2.82. The van der Waals surface area contributed by atoms with Gasteiger partial charge < -0.3 is 16.4 Å². The van der Waals surface area contributed by atoms with Crippen molar-refractivity contribution < 1.29 is 9.59 Å². The number of nitrogen functional groups attached to an aromatic ring is 1. The van der Waals surface area contributed by atoms with Gasteiger partial charge in [-0.05, 0) is 48.9 Å². The van der Waals surface area contributed by atoms with Gasteiger partial charge in [-0.1, -0.05) is 41.4 Å². The van der Waals surface area contributed by atoms with E-state index in [1.165, 1.54) is 12.1 Å². The molecule has 4 N–H and O–H groups in total. The first-order chi connectivity index (χ1) is 13.4. The topological polar surface area (TPSA) is 97.1 Å². The molecule has 1 aromatic heterocycles. The molecule has 0 saturated heterocycles. The number of aryl methyl sites for hydroxylation is 1. The number of rotatable bonds is 5. The fraction of sp³-hybridized carbons (Fsp3) is 0.0952. The number of pyridine rings is 1. The van der Waals surface area contributed by atoms with Crippen LogP contribution in [0.2, 0.25) is 5.15 Å². The summed E-state index contributed by atoms with van der Waals surface area (Å²) < 4.78 is 0. The Morgan fingerprint density at radius 2 is 1.75 bits per heavy atom. The Balaban J connectivity index is 1.63. The van der Waals surface area contributed by atoms with Gasteiger partial charge in [0.15, 0.2) is 0 Å². The minimum atomic E-state index is -0.315. The van der Waals surface area contributed by atoms with Gasteiger partial charge in [-0.15, -0.1) is 0 Å². The van der Waals surface area contributed by atoms with E-state index in [1.54, 1.807) is 24.3 Å². The highest BCUT2D eigenvalue weighted by Crippen LogP contribution is 2.15. The van der Waals surface area contributed by atoms with Crippen molar-refractivity contribution in [1.29, 1.82) is 0 Å². The quantitative estimate of drug-likeness (QED) is 0.573. The number of aromatic nitrogens is 1. The lowest BCUT2D eigenvalue weighted by Crippen LogP contribution is -2.23. The number of nitrogens with zero attached hydrogens (tertiary/aromatic N) is 1. The van der Waals surface area contributed by atoms with Crippen molar-refractivity contribution in [2.75, 3.05) is 11.1 Å². The third kappa shape index (κ3) is 5.08. The summed E-state index contributed by atoms with van der Waals surface area (Å²) in [5.74, 6) is -0.327. The number of nitrogens with two attached hydrogens (primary N) is 1. The molecule has 142 valence electrons. The maximum Gasteiger partial charge on any atom is 0.255 e. The summed E-state index contributed by atoms with van der Waals surface area (Å²) in [5.41, 5.74) is 9.10. The summed E-state index contributed by atoms with van der Waals surface area (Å²) in [4.78, 5) is 28.4. The van der Waals surface area contributed by atoms with Gasteiger partial charge in [-0.25, -0.2) is 4.98 Å². The van der Waals surface area contributed by atoms with Gasteiger partial charge in [0, 0.05) is 23.4 Å². The molecule has 6 nitrogen and oxygen atoms in total. The van der Waals surface area contributed by atoms with E-state index in [4.69, 9.17) is 17.3 Å². The molecule has 0 aliphatic heterocycles. The molecular weight excluding hydrogens is 376 g/mol. The van der Waals surface area contributed by atoms with Crippen LogP contribution in [0.3, 0.4) is 0 Å². The van der Waals surface area contributed by atoms with Crippen LogP contribution < -0.4 is 16.4 Å². The largest absolute Gasteiger partial charge is 0.384 e. The summed E-state index contributed by atoms with van der Waals surface area (Å²) in [5, 5.41) is 5.81. The van der Waals surface area contributed by atoms with Crippen LogP contribution in [0.4, 0.5) is 11.5 Å². The van der Waals surface area contributed by atoms with Crippen molar-refractivity contribution >= 4 is 34.9 Å². The van der Waals surface area contributed by atoms with Crippen LogP contribution in [-0.2, 0) is 6.54 Å². The SMILES string of the molecule is Cc1ccc(C(=O)Nc2cccc(CNC(=O)c3cc(N)nc(Cl)c3)c2)cc1. The molecule has 1 heterocycles. The van der Waals surface area contributed by atoms with Crippen molar-refractivity contribution in [3.05, 3.63) is 88.1 Å². The number of nitrogens with one attached hydrogen (secondary N) is 2. The van der Waals surface area contributed by atoms with Crippen LogP contribution in [0, 0.1) is 6.92 Å². The maximum absolute atomic E-state index is 12.3. The number of anilines is 2. The zero-order chi connectivity index (χ0) is 20.1. The van der Waals surface area contributed by atoms with E-state index >= 15 is 0 Å². The van der Waals surface area contributed by atoms with Crippen LogP contribution in [0.15, 0.2) is 60.7 Å². The summed E-state index contributed by atoms with van der Waals surface area (Å²) in [7, 11) is 0. The van der Waals surface area contributed by atoms with Crippen molar-refractivity contribution in [1.82, 2.24) is 10.3 Å². The van der Waals surface area contributed by atoms with Crippen LogP contribution in [0.25, 0.3) is 0 Å². The second-order valence-corrected chi connectivity index (χ2v) is 6.69. The van der Waals surface area contributed by atoms with E-state index in [2.05, 4.69) is 15.6 Å². The highest BCUT2D eigenvalue weighted by atomic mass is 35.5. The highest BCUT2D eigenvalue weighted by molar-refractivity contribution is 6.29. The molecule has 3 rings (SSSR count). The monoisotopic (exact) mass is 394 g/mol. The van der Waals surface area contributed by atoms with E-state index < -0.39 is 0 Å². The Hall–Kier alpha value is -3.38. The number of carbonyl (C=O) groups is 2. The molecule has 2 amide bonds. The van der Waals surface area contributed by atoms with Gasteiger partial charge in [0.1, 0.15) is 11.0 Å². The molecule has 2 aromatic carbocycles. The highest BCUT2D eigenvalue weighted by Gasteiger charge is 2.09. The van der Waals surface area contributed by atoms with Gasteiger partial charge in [0.05, 0.1) is 0 Å². The van der Waals surface area contributed by atoms with Crippen molar-refractivity contribution in [2.45, 2.75) is 13.5 Å². The van der Waals surface area contributed by atoms with Crippen molar-refractivity contribution in [3.63, 3.8) is 0 Å². The lowest BCUT2D eigenvalue weighted by atomic mass is 10.1. The molecule has 0 spiro atoms. The summed E-state index contributed by atoms with van der Waals surface area (Å²) >= 11 is 5.83. The van der Waals surface area contributed by atoms with E-state index in [1.807, 2.05) is 31.2 Å². The van der Waals surface area contributed by atoms with Gasteiger partial charge in [-0.2, -0.15) is 0 Å². The molecule has 28 heavy (non-hydrogen) atoms. The molecule has 0 radical (unpaired) electrons. The number of benzene rings is 2. The predicted octanol–water partition coefficient (Wildman–Crippen LogP) is 3.81. The van der Waals surface area contributed by atoms with Crippen LogP contribution >= 0.6 is 11.6 Å². The van der Waals surface area contributed by atoms with E-state index in [0.29, 0.717) is 16.8 Å². The average Bonchev–Trinajstić information content (AvgIpc) is 2.66. The third-order valence-corrected chi connectivity index (χ3v) is 4.22. The predicted molar refractivity (Wildman–Crippen MR) is 110 cm³/mol. The Morgan fingerprint density at radius 1 is 1.00 bits per heavy atom. The van der Waals surface area contributed by atoms with Gasteiger partial charge in [0.2, 0.25) is 0 Å². The molecule has 7 heteroatoms. The van der Waals surface area contributed by atoms with Crippen LogP contribution in [-0.4, -0.2) is 16.8 Å². The van der Waals surface area contributed by atoms with E-state index in [9.17, 15) is 9.59 Å². The molecule has 0 saturated carbocycles. The van der Waals surface area contributed by atoms with E-state index in [-0.39, 0.29) is 29.3 Å². The molecule has 0 fully saturated rings. The van der Waals surface area contributed by atoms with Crippen LogP contribution in [0.1, 0.15) is 31.8 Å². The third-order valence-electron chi connectivity index (χ3n) is 4.03. The molecule has 0 bridgehead atoms. The van der Waals surface area contributed by atoms with Gasteiger partial charge >= 0.3 is 0 Å². The lowest BCUT2D eigenvalue weighted by molar-refractivity contribution is 0.0950. The molecule has 3 aromatic rings. The number of hydrogen-bond donors (Lipinski definition) is 3. The molecular formula is C21H19ClN4O2. The van der Waals surface area contributed by atoms with Crippen molar-refractivity contribution in [2.24, 2.45) is 0 Å². The standard InChI is InChI=1S/C21H19ClN4O2/c1-13-5-7-15(8-6-13)21(28)25-17-4-2-3-14(9-17)12-24-20(27)16-10-18(22)26-19(23)11-16/h2-11H,12H2,1H3,(H2,23,26)(H,24,27)(H,25,28). The number of hydrogen-bond acceptors (Lipinski definition) is 4. The zero-order valence-corrected chi connectivity index (χ0v) is 16.0. The smallest absolute Gasteiger partial charge is 0.255 e. The minimum Gasteiger partial charge on any atom is -0.384 e. The fourth-order valence-electron chi connectivity index (χ4n) is 2.60. The zero-order valence-electron chi connectivity index (χ0n) is 15.2. The van der Waals surface area contributed by atoms with Gasteiger partial charge in [0.25, 0.3) is 11.8 Å². The number of carbonyl (C=O) groups excluding carboxylic acids is 2. The molecule has 0 aliphatic carbocycles. The second-order valence-electron chi connectivity index (χ2n) is 6.31. The second kappa shape index (κ2) is 8.54. The average molecular weight is 395 g/mol. The Morgan fingerprint density at radius 3 is 2.46 bits per heavy atom. The maximum atomic E-state index is 12.3. The summed E-state index contributed by atoms with van der Waals surface area (Å²) in [6.45, 7) is 2.25. The van der Waals surface area contributed by atoms with Crippen molar-refractivity contribution in [3.8, 4) is 0 Å². The minimum absolute atomic E-state index is 0.158. The molecule has 0 aliphatic rings. The lowest BCUT2D eigenvalue weighted by Gasteiger charge is -2.09. The Kier molecular flexibility index (Phi) is 5.91. The number of amides is 2. The first-order valence-corrected chi connectivity index (χ1v) is 8.97. The normalized spacial score (nSPS) is 10.4. The number of halogens is 1. The first kappa shape index (κ1) is 19.4. The van der Waals surface area contributed by atoms with Gasteiger partial charge in [-0.3, -0.25) is 9.59 Å². The van der Waals surface area contributed by atoms with Crippen LogP contribution in [0.5, 0.6) is 0 Å². The Bertz CT molecular complexity index is 999. The first-order valence-electron chi connectivity index (χ1n) is 8.59. The Labute approximate surface area is 167 Å². The summed E-state index contributed by atoms with van der Waals surface area (Å²) in [6, 6.07) is 17.5. The molecule has 0 atom stereocenters. The van der Waals surface area contributed by atoms with E-state index in [0.717, 1.165) is 11.1 Å².